The Morgan fingerprint density at radius 3 is 3.08 bits per heavy atom. The summed E-state index contributed by atoms with van der Waals surface area (Å²) in [6, 6.07) is 7.38. The Morgan fingerprint density at radius 2 is 2.38 bits per heavy atom. The number of aliphatic hydroxyl groups is 1. The molecule has 1 aliphatic heterocycles. The second-order valence-electron chi connectivity index (χ2n) is 5.81. The van der Waals surface area contributed by atoms with Crippen LogP contribution in [0.1, 0.15) is 28.9 Å². The SMILES string of the molecule is Cc1ccc(/C=C/C(=O)N2CCOCC2CC(O)c2cccs2)o1. The molecule has 0 saturated carbocycles. The summed E-state index contributed by atoms with van der Waals surface area (Å²) in [5, 5.41) is 12.3. The highest BCUT2D eigenvalue weighted by atomic mass is 32.1. The molecule has 1 N–H and O–H groups in total. The standard InChI is InChI=1S/C18H21NO4S/c1-13-4-5-15(23-13)6-7-18(21)19-8-9-22-12-14(19)11-16(20)17-3-2-10-24-17/h2-7,10,14,16,20H,8-9,11-12H2,1H3/b7-6+. The Hall–Kier alpha value is -1.89. The summed E-state index contributed by atoms with van der Waals surface area (Å²) >= 11 is 1.52. The van der Waals surface area contributed by atoms with Crippen LogP contribution in [0, 0.1) is 6.92 Å². The molecule has 128 valence electrons. The summed E-state index contributed by atoms with van der Waals surface area (Å²) in [6.07, 6.45) is 3.09. The van der Waals surface area contributed by atoms with E-state index in [-0.39, 0.29) is 11.9 Å². The van der Waals surface area contributed by atoms with Gasteiger partial charge in [0.25, 0.3) is 0 Å². The number of furan rings is 1. The van der Waals surface area contributed by atoms with Gasteiger partial charge in [-0.1, -0.05) is 6.07 Å². The first kappa shape index (κ1) is 17.0. The zero-order valence-corrected chi connectivity index (χ0v) is 14.4. The summed E-state index contributed by atoms with van der Waals surface area (Å²) < 4.78 is 10.9. The van der Waals surface area contributed by atoms with Crippen molar-refractivity contribution in [3.63, 3.8) is 0 Å². The van der Waals surface area contributed by atoms with E-state index >= 15 is 0 Å². The van der Waals surface area contributed by atoms with E-state index < -0.39 is 6.10 Å². The van der Waals surface area contributed by atoms with E-state index in [0.29, 0.717) is 31.9 Å². The van der Waals surface area contributed by atoms with Gasteiger partial charge >= 0.3 is 0 Å². The Balaban J connectivity index is 1.65. The van der Waals surface area contributed by atoms with Crippen LogP contribution in [0.4, 0.5) is 0 Å². The van der Waals surface area contributed by atoms with E-state index in [2.05, 4.69) is 0 Å². The highest BCUT2D eigenvalue weighted by Gasteiger charge is 2.28. The fourth-order valence-electron chi connectivity index (χ4n) is 2.79. The third-order valence-corrected chi connectivity index (χ3v) is 5.00. The van der Waals surface area contributed by atoms with Crippen LogP contribution in [0.25, 0.3) is 6.08 Å². The van der Waals surface area contributed by atoms with Gasteiger partial charge in [-0.3, -0.25) is 4.79 Å². The number of aliphatic hydroxyl groups excluding tert-OH is 1. The number of carbonyl (C=O) groups is 1. The molecule has 6 heteroatoms. The van der Waals surface area contributed by atoms with Crippen LogP contribution in [0.15, 0.2) is 40.1 Å². The van der Waals surface area contributed by atoms with Gasteiger partial charge in [0.1, 0.15) is 11.5 Å². The summed E-state index contributed by atoms with van der Waals surface area (Å²) in [5.41, 5.74) is 0. The van der Waals surface area contributed by atoms with Crippen LogP contribution in [0.3, 0.4) is 0 Å². The minimum atomic E-state index is -0.580. The molecule has 5 nitrogen and oxygen atoms in total. The van der Waals surface area contributed by atoms with Crippen molar-refractivity contribution >= 4 is 23.3 Å². The van der Waals surface area contributed by atoms with E-state index in [1.165, 1.54) is 17.4 Å². The van der Waals surface area contributed by atoms with Crippen LogP contribution in [0.2, 0.25) is 0 Å². The van der Waals surface area contributed by atoms with E-state index in [1.807, 2.05) is 36.6 Å². The maximum atomic E-state index is 12.5. The number of ether oxygens (including phenoxy) is 1. The molecular weight excluding hydrogens is 326 g/mol. The second kappa shape index (κ2) is 7.79. The fourth-order valence-corrected chi connectivity index (χ4v) is 3.51. The Labute approximate surface area is 145 Å². The molecule has 1 saturated heterocycles. The molecular formula is C18H21NO4S. The lowest BCUT2D eigenvalue weighted by molar-refractivity contribution is -0.135. The quantitative estimate of drug-likeness (QED) is 0.845. The first-order valence-electron chi connectivity index (χ1n) is 7.98. The molecule has 0 spiro atoms. The van der Waals surface area contributed by atoms with Crippen molar-refractivity contribution < 1.29 is 19.1 Å². The van der Waals surface area contributed by atoms with E-state index in [9.17, 15) is 9.90 Å². The third kappa shape index (κ3) is 4.14. The topological polar surface area (TPSA) is 62.9 Å². The highest BCUT2D eigenvalue weighted by molar-refractivity contribution is 7.10. The first-order chi connectivity index (χ1) is 11.6. The fraction of sp³-hybridized carbons (Fsp3) is 0.389. The average Bonchev–Trinajstić information content (AvgIpc) is 3.25. The molecule has 2 aromatic rings. The lowest BCUT2D eigenvalue weighted by Gasteiger charge is -2.36. The minimum absolute atomic E-state index is 0.0873. The lowest BCUT2D eigenvalue weighted by atomic mass is 10.1. The van der Waals surface area contributed by atoms with Crippen LogP contribution < -0.4 is 0 Å². The molecule has 0 aliphatic carbocycles. The Bertz CT molecular complexity index is 692. The van der Waals surface area contributed by atoms with Gasteiger partial charge < -0.3 is 19.2 Å². The number of carbonyl (C=O) groups excluding carboxylic acids is 1. The zero-order chi connectivity index (χ0) is 16.9. The van der Waals surface area contributed by atoms with Gasteiger partial charge in [0, 0.05) is 23.9 Å². The lowest BCUT2D eigenvalue weighted by Crippen LogP contribution is -2.48. The van der Waals surface area contributed by atoms with Crippen molar-refractivity contribution in [2.75, 3.05) is 19.8 Å². The predicted octanol–water partition coefficient (Wildman–Crippen LogP) is 3.01. The van der Waals surface area contributed by atoms with Gasteiger partial charge in [-0.25, -0.2) is 0 Å². The molecule has 0 aromatic carbocycles. The van der Waals surface area contributed by atoms with Crippen LogP contribution in [-0.2, 0) is 9.53 Å². The Morgan fingerprint density at radius 1 is 1.50 bits per heavy atom. The van der Waals surface area contributed by atoms with Gasteiger partial charge in [-0.15, -0.1) is 11.3 Å². The van der Waals surface area contributed by atoms with Crippen LogP contribution >= 0.6 is 11.3 Å². The molecule has 1 fully saturated rings. The number of hydrogen-bond acceptors (Lipinski definition) is 5. The summed E-state index contributed by atoms with van der Waals surface area (Å²) in [4.78, 5) is 15.2. The number of thiophene rings is 1. The van der Waals surface area contributed by atoms with E-state index in [4.69, 9.17) is 9.15 Å². The third-order valence-electron chi connectivity index (χ3n) is 4.03. The number of morpholine rings is 1. The Kier molecular flexibility index (Phi) is 5.50. The zero-order valence-electron chi connectivity index (χ0n) is 13.6. The average molecular weight is 347 g/mol. The molecule has 0 radical (unpaired) electrons. The van der Waals surface area contributed by atoms with Gasteiger partial charge in [0.2, 0.25) is 5.91 Å². The van der Waals surface area contributed by atoms with Gasteiger partial charge in [-0.2, -0.15) is 0 Å². The minimum Gasteiger partial charge on any atom is -0.462 e. The van der Waals surface area contributed by atoms with Crippen molar-refractivity contribution in [2.24, 2.45) is 0 Å². The van der Waals surface area contributed by atoms with Crippen LogP contribution in [-0.4, -0.2) is 41.7 Å². The largest absolute Gasteiger partial charge is 0.462 e. The number of rotatable bonds is 5. The number of aryl methyl sites for hydroxylation is 1. The maximum absolute atomic E-state index is 12.5. The van der Waals surface area contributed by atoms with E-state index in [1.54, 1.807) is 11.0 Å². The number of nitrogens with zero attached hydrogens (tertiary/aromatic N) is 1. The second-order valence-corrected chi connectivity index (χ2v) is 6.79. The van der Waals surface area contributed by atoms with Crippen LogP contribution in [0.5, 0.6) is 0 Å². The van der Waals surface area contributed by atoms with Crippen molar-refractivity contribution in [2.45, 2.75) is 25.5 Å². The number of amides is 1. The molecule has 2 unspecified atom stereocenters. The summed E-state index contributed by atoms with van der Waals surface area (Å²) in [7, 11) is 0. The van der Waals surface area contributed by atoms with Crippen molar-refractivity contribution in [3.8, 4) is 0 Å². The molecule has 0 bridgehead atoms. The van der Waals surface area contributed by atoms with Gasteiger partial charge in [0.05, 0.1) is 25.4 Å². The van der Waals surface area contributed by atoms with Gasteiger partial charge in [-0.05, 0) is 36.6 Å². The maximum Gasteiger partial charge on any atom is 0.247 e. The smallest absolute Gasteiger partial charge is 0.247 e. The molecule has 2 aromatic heterocycles. The van der Waals surface area contributed by atoms with E-state index in [0.717, 1.165) is 10.6 Å². The summed E-state index contributed by atoms with van der Waals surface area (Å²) in [6.45, 7) is 3.36. The number of hydrogen-bond donors (Lipinski definition) is 1. The van der Waals surface area contributed by atoms with Gasteiger partial charge in [0.15, 0.2) is 0 Å². The predicted molar refractivity (Wildman–Crippen MR) is 92.7 cm³/mol. The van der Waals surface area contributed by atoms with Crippen molar-refractivity contribution in [3.05, 3.63) is 52.1 Å². The molecule has 1 aliphatic rings. The normalized spacial score (nSPS) is 19.8. The van der Waals surface area contributed by atoms with Crippen molar-refractivity contribution in [1.82, 2.24) is 4.90 Å². The molecule has 24 heavy (non-hydrogen) atoms. The highest BCUT2D eigenvalue weighted by Crippen LogP contribution is 2.26. The van der Waals surface area contributed by atoms with Crippen molar-refractivity contribution in [1.29, 1.82) is 0 Å². The molecule has 1 amide bonds. The molecule has 3 heterocycles. The molecule has 2 atom stereocenters. The monoisotopic (exact) mass is 347 g/mol. The molecule has 3 rings (SSSR count). The summed E-state index contributed by atoms with van der Waals surface area (Å²) in [5.74, 6) is 1.38. The first-order valence-corrected chi connectivity index (χ1v) is 8.86.